The van der Waals surface area contributed by atoms with Gasteiger partial charge in [0.25, 0.3) is 0 Å². The minimum Gasteiger partial charge on any atom is -0.378 e. The van der Waals surface area contributed by atoms with Crippen LogP contribution in [0.5, 0.6) is 0 Å². The van der Waals surface area contributed by atoms with E-state index in [1.807, 2.05) is 25.2 Å². The molecule has 0 amide bonds. The zero-order chi connectivity index (χ0) is 18.0. The largest absolute Gasteiger partial charge is 0.378 e. The van der Waals surface area contributed by atoms with Gasteiger partial charge < -0.3 is 10.1 Å². The van der Waals surface area contributed by atoms with Crippen LogP contribution in [0, 0.1) is 0 Å². The van der Waals surface area contributed by atoms with Crippen LogP contribution >= 0.6 is 0 Å². The quantitative estimate of drug-likeness (QED) is 0.588. The van der Waals surface area contributed by atoms with E-state index in [-0.39, 0.29) is 6.10 Å². The van der Waals surface area contributed by atoms with Crippen molar-refractivity contribution in [3.8, 4) is 0 Å². The average Bonchev–Trinajstić information content (AvgIpc) is 2.62. The molecule has 1 aliphatic rings. The summed E-state index contributed by atoms with van der Waals surface area (Å²) < 4.78 is 34.9. The van der Waals surface area contributed by atoms with E-state index < -0.39 is 10.2 Å². The maximum atomic E-state index is 12.4. The molecule has 25 heavy (non-hydrogen) atoms. The molecule has 0 aromatic heterocycles. The molecule has 1 saturated heterocycles. The second kappa shape index (κ2) is 10.8. The summed E-state index contributed by atoms with van der Waals surface area (Å²) in [5, 5.41) is 3.15. The molecule has 0 atom stereocenters. The predicted octanol–water partition coefficient (Wildman–Crippen LogP) is 2.60. The molecule has 0 aliphatic carbocycles. The van der Waals surface area contributed by atoms with Gasteiger partial charge in [-0.25, -0.2) is 0 Å². The van der Waals surface area contributed by atoms with Gasteiger partial charge in [-0.15, -0.1) is 0 Å². The fraction of sp³-hybridized carbons (Fsp3) is 0.667. The number of ether oxygens (including phenoxy) is 1. The van der Waals surface area contributed by atoms with E-state index in [4.69, 9.17) is 4.74 Å². The van der Waals surface area contributed by atoms with Gasteiger partial charge >= 0.3 is 10.2 Å². The smallest absolute Gasteiger partial charge is 0.301 e. The third-order valence-electron chi connectivity index (χ3n) is 4.44. The number of piperidine rings is 1. The Morgan fingerprint density at radius 1 is 1.08 bits per heavy atom. The Morgan fingerprint density at radius 3 is 2.44 bits per heavy atom. The molecule has 1 heterocycles. The molecule has 2 N–H and O–H groups in total. The van der Waals surface area contributed by atoms with E-state index in [0.29, 0.717) is 18.8 Å². The van der Waals surface area contributed by atoms with Crippen molar-refractivity contribution < 1.29 is 13.2 Å². The fourth-order valence-corrected chi connectivity index (χ4v) is 4.22. The van der Waals surface area contributed by atoms with Crippen LogP contribution in [0.25, 0.3) is 0 Å². The number of benzene rings is 1. The van der Waals surface area contributed by atoms with Gasteiger partial charge in [0.1, 0.15) is 0 Å². The topological polar surface area (TPSA) is 70.7 Å². The highest BCUT2D eigenvalue weighted by Gasteiger charge is 2.28. The van der Waals surface area contributed by atoms with Gasteiger partial charge in [-0.3, -0.25) is 4.72 Å². The molecule has 0 unspecified atom stereocenters. The Hall–Kier alpha value is -1.15. The lowest BCUT2D eigenvalue weighted by Crippen LogP contribution is -2.43. The molecule has 1 aliphatic heterocycles. The molecule has 1 aromatic rings. The third-order valence-corrected chi connectivity index (χ3v) is 5.97. The molecular weight excluding hydrogens is 338 g/mol. The number of para-hydroxylation sites is 1. The second-order valence-electron chi connectivity index (χ2n) is 6.46. The van der Waals surface area contributed by atoms with Gasteiger partial charge in [0, 0.05) is 25.4 Å². The lowest BCUT2D eigenvalue weighted by atomic mass is 10.1. The standard InChI is InChI=1S/C18H31N3O3S/c1-19-13-7-2-3-8-16-24-18-11-14-21(15-12-18)25(22,23)20-17-9-5-4-6-10-17/h4-6,9-10,18-20H,2-3,7-8,11-16H2,1H3. The average molecular weight is 370 g/mol. The van der Waals surface area contributed by atoms with Crippen molar-refractivity contribution in [1.29, 1.82) is 0 Å². The maximum absolute atomic E-state index is 12.4. The number of rotatable bonds is 11. The first-order valence-electron chi connectivity index (χ1n) is 9.21. The summed E-state index contributed by atoms with van der Waals surface area (Å²) in [6, 6.07) is 9.00. The van der Waals surface area contributed by atoms with Crippen LogP contribution in [0.4, 0.5) is 5.69 Å². The Morgan fingerprint density at radius 2 is 1.76 bits per heavy atom. The Kier molecular flexibility index (Phi) is 8.67. The summed E-state index contributed by atoms with van der Waals surface area (Å²) >= 11 is 0. The Balaban J connectivity index is 1.64. The summed E-state index contributed by atoms with van der Waals surface area (Å²) in [5.74, 6) is 0. The van der Waals surface area contributed by atoms with Gasteiger partial charge in [-0.05, 0) is 51.4 Å². The SMILES string of the molecule is CNCCCCCCOC1CCN(S(=O)(=O)Nc2ccccc2)CC1. The van der Waals surface area contributed by atoms with Crippen LogP contribution in [0.3, 0.4) is 0 Å². The molecule has 1 fully saturated rings. The Labute approximate surface area is 152 Å². The first-order valence-corrected chi connectivity index (χ1v) is 10.6. The van der Waals surface area contributed by atoms with Crippen LogP contribution in [0.15, 0.2) is 30.3 Å². The van der Waals surface area contributed by atoms with Crippen LogP contribution in [-0.4, -0.2) is 52.1 Å². The van der Waals surface area contributed by atoms with Crippen molar-refractivity contribution in [2.75, 3.05) is 38.0 Å². The second-order valence-corrected chi connectivity index (χ2v) is 8.13. The van der Waals surface area contributed by atoms with Crippen molar-refractivity contribution in [2.45, 2.75) is 44.6 Å². The summed E-state index contributed by atoms with van der Waals surface area (Å²) in [7, 11) is -1.50. The fourth-order valence-electron chi connectivity index (χ4n) is 2.97. The van der Waals surface area contributed by atoms with E-state index in [1.165, 1.54) is 23.6 Å². The van der Waals surface area contributed by atoms with Crippen molar-refractivity contribution in [2.24, 2.45) is 0 Å². The first-order chi connectivity index (χ1) is 12.1. The van der Waals surface area contributed by atoms with Crippen LogP contribution in [0.2, 0.25) is 0 Å². The van der Waals surface area contributed by atoms with E-state index in [1.54, 1.807) is 12.1 Å². The third kappa shape index (κ3) is 7.32. The highest BCUT2D eigenvalue weighted by Crippen LogP contribution is 2.19. The molecular formula is C18H31N3O3S. The van der Waals surface area contributed by atoms with Crippen LogP contribution < -0.4 is 10.0 Å². The lowest BCUT2D eigenvalue weighted by Gasteiger charge is -2.31. The van der Waals surface area contributed by atoms with Crippen LogP contribution in [-0.2, 0) is 14.9 Å². The molecule has 0 spiro atoms. The number of hydrogen-bond donors (Lipinski definition) is 2. The number of nitrogens with one attached hydrogen (secondary N) is 2. The predicted molar refractivity (Wildman–Crippen MR) is 102 cm³/mol. The van der Waals surface area contributed by atoms with E-state index in [9.17, 15) is 8.42 Å². The highest BCUT2D eigenvalue weighted by molar-refractivity contribution is 7.90. The number of hydrogen-bond acceptors (Lipinski definition) is 4. The van der Waals surface area contributed by atoms with E-state index in [2.05, 4.69) is 10.0 Å². The molecule has 7 heteroatoms. The molecule has 6 nitrogen and oxygen atoms in total. The zero-order valence-electron chi connectivity index (χ0n) is 15.1. The number of unbranched alkanes of at least 4 members (excludes halogenated alkanes) is 3. The molecule has 0 saturated carbocycles. The molecule has 1 aromatic carbocycles. The first kappa shape index (κ1) is 20.2. The number of nitrogens with zero attached hydrogens (tertiary/aromatic N) is 1. The monoisotopic (exact) mass is 369 g/mol. The Bertz CT molecular complexity index is 572. The van der Waals surface area contributed by atoms with Crippen molar-refractivity contribution >= 4 is 15.9 Å². The molecule has 0 bridgehead atoms. The van der Waals surface area contributed by atoms with Crippen molar-refractivity contribution in [3.05, 3.63) is 30.3 Å². The molecule has 142 valence electrons. The van der Waals surface area contributed by atoms with Crippen molar-refractivity contribution in [1.82, 2.24) is 9.62 Å². The minimum absolute atomic E-state index is 0.181. The highest BCUT2D eigenvalue weighted by atomic mass is 32.2. The van der Waals surface area contributed by atoms with Crippen molar-refractivity contribution in [3.63, 3.8) is 0 Å². The summed E-state index contributed by atoms with van der Waals surface area (Å²) in [6.07, 6.45) is 6.41. The van der Waals surface area contributed by atoms with Gasteiger partial charge in [0.15, 0.2) is 0 Å². The van der Waals surface area contributed by atoms with E-state index in [0.717, 1.165) is 32.4 Å². The normalized spacial score (nSPS) is 16.8. The summed E-state index contributed by atoms with van der Waals surface area (Å²) in [5.41, 5.74) is 0.596. The summed E-state index contributed by atoms with van der Waals surface area (Å²) in [6.45, 7) is 2.87. The van der Waals surface area contributed by atoms with E-state index >= 15 is 0 Å². The minimum atomic E-state index is -3.48. The van der Waals surface area contributed by atoms with Gasteiger partial charge in [-0.2, -0.15) is 12.7 Å². The number of anilines is 1. The van der Waals surface area contributed by atoms with Gasteiger partial charge in [0.2, 0.25) is 0 Å². The van der Waals surface area contributed by atoms with Crippen LogP contribution in [0.1, 0.15) is 38.5 Å². The van der Waals surface area contributed by atoms with Gasteiger partial charge in [0.05, 0.1) is 6.10 Å². The lowest BCUT2D eigenvalue weighted by molar-refractivity contribution is 0.0193. The molecule has 2 rings (SSSR count). The molecule has 0 radical (unpaired) electrons. The maximum Gasteiger partial charge on any atom is 0.301 e. The summed E-state index contributed by atoms with van der Waals surface area (Å²) in [4.78, 5) is 0. The zero-order valence-corrected chi connectivity index (χ0v) is 15.9. The van der Waals surface area contributed by atoms with Gasteiger partial charge in [-0.1, -0.05) is 31.0 Å².